The first kappa shape index (κ1) is 26.1. The van der Waals surface area contributed by atoms with Crippen LogP contribution in [0, 0.1) is 10.1 Å². The number of ether oxygens (including phenoxy) is 2. The molecule has 190 valence electrons. The number of rotatable bonds is 9. The van der Waals surface area contributed by atoms with Crippen molar-refractivity contribution in [2.75, 3.05) is 13.3 Å². The van der Waals surface area contributed by atoms with Crippen LogP contribution in [0.4, 0.5) is 10.5 Å². The Balaban J connectivity index is 1.51. The first-order chi connectivity index (χ1) is 16.9. The summed E-state index contributed by atoms with van der Waals surface area (Å²) in [5, 5.41) is 15.6. The van der Waals surface area contributed by atoms with E-state index >= 15 is 0 Å². The molecule has 2 aromatic rings. The molecule has 3 amide bonds. The fourth-order valence-electron chi connectivity index (χ4n) is 3.00. The average Bonchev–Trinajstić information content (AvgIpc) is 3.38. The number of amides is 3. The van der Waals surface area contributed by atoms with Gasteiger partial charge in [-0.1, -0.05) is 0 Å². The van der Waals surface area contributed by atoms with Crippen LogP contribution < -0.4 is 0 Å². The fraction of sp³-hybridized carbons (Fsp3) is 0.348. The van der Waals surface area contributed by atoms with Crippen molar-refractivity contribution < 1.29 is 38.0 Å². The molecule has 13 heteroatoms. The summed E-state index contributed by atoms with van der Waals surface area (Å²) < 4.78 is 15.6. The largest absolute Gasteiger partial charge is 0.460 e. The van der Waals surface area contributed by atoms with Gasteiger partial charge in [-0.15, -0.1) is 0 Å². The summed E-state index contributed by atoms with van der Waals surface area (Å²) in [7, 11) is 0. The van der Waals surface area contributed by atoms with Crippen molar-refractivity contribution >= 4 is 35.8 Å². The maximum atomic E-state index is 12.5. The highest BCUT2D eigenvalue weighted by atomic mass is 16.6. The normalized spacial score (nSPS) is 14.0. The number of hydrogen-bond donors (Lipinski definition) is 0. The van der Waals surface area contributed by atoms with Crippen LogP contribution in [0.25, 0.3) is 11.3 Å². The first-order valence-corrected chi connectivity index (χ1v) is 10.8. The van der Waals surface area contributed by atoms with Crippen molar-refractivity contribution in [3.05, 3.63) is 52.3 Å². The Bertz CT molecular complexity index is 1190. The van der Waals surface area contributed by atoms with E-state index in [1.165, 1.54) is 30.5 Å². The Labute approximate surface area is 205 Å². The number of hydrogen-bond acceptors (Lipinski definition) is 10. The molecule has 0 atom stereocenters. The zero-order valence-electron chi connectivity index (χ0n) is 19.8. The SMILES string of the molecule is CC(C)(C)OC(=O)CCC(=O)OCN1C(=O)CN(/N=C/c2ccc(-c3ccc([N+](=O)[O-])cc3)o2)C1=O. The molecule has 1 aromatic heterocycles. The van der Waals surface area contributed by atoms with Crippen LogP contribution >= 0.6 is 0 Å². The quantitative estimate of drug-likeness (QED) is 0.166. The molecule has 3 rings (SSSR count). The maximum absolute atomic E-state index is 12.5. The lowest BCUT2D eigenvalue weighted by molar-refractivity contribution is -0.384. The van der Waals surface area contributed by atoms with Gasteiger partial charge < -0.3 is 13.9 Å². The van der Waals surface area contributed by atoms with E-state index in [1.54, 1.807) is 32.9 Å². The van der Waals surface area contributed by atoms with Crippen LogP contribution in [0.15, 0.2) is 45.9 Å². The summed E-state index contributed by atoms with van der Waals surface area (Å²) in [6, 6.07) is 8.17. The molecule has 0 unspecified atom stereocenters. The Morgan fingerprint density at radius 1 is 1.11 bits per heavy atom. The molecule has 1 fully saturated rings. The number of nitro benzene ring substituents is 1. The van der Waals surface area contributed by atoms with Gasteiger partial charge >= 0.3 is 18.0 Å². The van der Waals surface area contributed by atoms with E-state index in [9.17, 15) is 29.3 Å². The van der Waals surface area contributed by atoms with Crippen molar-refractivity contribution in [3.63, 3.8) is 0 Å². The molecule has 1 aliphatic rings. The Morgan fingerprint density at radius 2 is 1.78 bits per heavy atom. The molecule has 36 heavy (non-hydrogen) atoms. The average molecular weight is 500 g/mol. The van der Waals surface area contributed by atoms with E-state index < -0.39 is 41.1 Å². The third-order valence-electron chi connectivity index (χ3n) is 4.66. The highest BCUT2D eigenvalue weighted by Crippen LogP contribution is 2.24. The van der Waals surface area contributed by atoms with Crippen LogP contribution in [-0.2, 0) is 23.9 Å². The second-order valence-electron chi connectivity index (χ2n) is 8.64. The monoisotopic (exact) mass is 500 g/mol. The molecule has 0 bridgehead atoms. The summed E-state index contributed by atoms with van der Waals surface area (Å²) in [6.07, 6.45) is 0.776. The third kappa shape index (κ3) is 6.98. The van der Waals surface area contributed by atoms with Crippen molar-refractivity contribution in [3.8, 4) is 11.3 Å². The number of urea groups is 1. The fourth-order valence-corrected chi connectivity index (χ4v) is 3.00. The number of carbonyl (C=O) groups is 4. The van der Waals surface area contributed by atoms with Crippen LogP contribution in [0.5, 0.6) is 0 Å². The van der Waals surface area contributed by atoms with Gasteiger partial charge in [0.15, 0.2) is 6.73 Å². The van der Waals surface area contributed by atoms with Crippen LogP contribution in [0.2, 0.25) is 0 Å². The van der Waals surface area contributed by atoms with E-state index in [1.807, 2.05) is 0 Å². The molecule has 0 spiro atoms. The molecule has 0 radical (unpaired) electrons. The van der Waals surface area contributed by atoms with E-state index in [2.05, 4.69) is 5.10 Å². The number of esters is 2. The van der Waals surface area contributed by atoms with Gasteiger partial charge in [0.25, 0.3) is 11.6 Å². The number of nitrogens with zero attached hydrogens (tertiary/aromatic N) is 4. The van der Waals surface area contributed by atoms with Gasteiger partial charge in [0.05, 0.1) is 24.0 Å². The number of furan rings is 1. The van der Waals surface area contributed by atoms with Gasteiger partial charge in [-0.25, -0.2) is 14.7 Å². The van der Waals surface area contributed by atoms with Crippen LogP contribution in [0.1, 0.15) is 39.4 Å². The number of benzene rings is 1. The van der Waals surface area contributed by atoms with Gasteiger partial charge in [-0.2, -0.15) is 5.10 Å². The standard InChI is InChI=1S/C23H24N4O9/c1-23(2,3)36-21(30)11-10-20(29)34-14-25-19(28)13-26(22(25)31)24-12-17-8-9-18(35-17)15-4-6-16(7-5-15)27(32)33/h4-9,12H,10-11,13-14H2,1-3H3/b24-12+. The van der Waals surface area contributed by atoms with E-state index in [0.29, 0.717) is 16.2 Å². The number of nitro groups is 1. The molecule has 13 nitrogen and oxygen atoms in total. The molecule has 0 N–H and O–H groups in total. The predicted molar refractivity (Wildman–Crippen MR) is 123 cm³/mol. The molecule has 1 aromatic carbocycles. The van der Waals surface area contributed by atoms with Crippen LogP contribution in [-0.4, -0.2) is 63.8 Å². The molecular formula is C23H24N4O9. The van der Waals surface area contributed by atoms with E-state index in [-0.39, 0.29) is 30.8 Å². The minimum absolute atomic E-state index is 0.0532. The Hall–Kier alpha value is -4.55. The van der Waals surface area contributed by atoms with E-state index in [4.69, 9.17) is 13.9 Å². The number of non-ortho nitro benzene ring substituents is 1. The van der Waals surface area contributed by atoms with Crippen molar-refractivity contribution in [1.29, 1.82) is 0 Å². The van der Waals surface area contributed by atoms with Crippen LogP contribution in [0.3, 0.4) is 0 Å². The van der Waals surface area contributed by atoms with Gasteiger partial charge in [-0.3, -0.25) is 24.5 Å². The second kappa shape index (κ2) is 10.8. The third-order valence-corrected chi connectivity index (χ3v) is 4.66. The van der Waals surface area contributed by atoms with Gasteiger partial charge in [0.2, 0.25) is 0 Å². The Morgan fingerprint density at radius 3 is 2.42 bits per heavy atom. The minimum atomic E-state index is -0.793. The lowest BCUT2D eigenvalue weighted by Gasteiger charge is -2.19. The lowest BCUT2D eigenvalue weighted by Crippen LogP contribution is -2.34. The number of hydrazone groups is 1. The summed E-state index contributed by atoms with van der Waals surface area (Å²) in [5.74, 6) is -1.26. The molecule has 2 heterocycles. The highest BCUT2D eigenvalue weighted by Gasteiger charge is 2.37. The van der Waals surface area contributed by atoms with Gasteiger partial charge in [0, 0.05) is 17.7 Å². The predicted octanol–water partition coefficient (Wildman–Crippen LogP) is 3.08. The zero-order chi connectivity index (χ0) is 26.5. The summed E-state index contributed by atoms with van der Waals surface area (Å²) in [5.41, 5.74) is -0.128. The summed E-state index contributed by atoms with van der Waals surface area (Å²) >= 11 is 0. The first-order valence-electron chi connectivity index (χ1n) is 10.8. The summed E-state index contributed by atoms with van der Waals surface area (Å²) in [4.78, 5) is 59.1. The lowest BCUT2D eigenvalue weighted by atomic mass is 10.1. The van der Waals surface area contributed by atoms with Gasteiger partial charge in [-0.05, 0) is 45.0 Å². The van der Waals surface area contributed by atoms with Crippen molar-refractivity contribution in [1.82, 2.24) is 9.91 Å². The topological polar surface area (TPSA) is 162 Å². The summed E-state index contributed by atoms with van der Waals surface area (Å²) in [6.45, 7) is 4.13. The number of imide groups is 1. The molecule has 0 saturated carbocycles. The second-order valence-corrected chi connectivity index (χ2v) is 8.64. The highest BCUT2D eigenvalue weighted by molar-refractivity contribution is 6.02. The number of carbonyl (C=O) groups excluding carboxylic acids is 4. The van der Waals surface area contributed by atoms with Crippen molar-refractivity contribution in [2.24, 2.45) is 5.10 Å². The molecule has 1 saturated heterocycles. The zero-order valence-corrected chi connectivity index (χ0v) is 19.8. The Kier molecular flexibility index (Phi) is 7.82. The minimum Gasteiger partial charge on any atom is -0.460 e. The molecular weight excluding hydrogens is 476 g/mol. The maximum Gasteiger partial charge on any atom is 0.350 e. The van der Waals surface area contributed by atoms with Gasteiger partial charge in [0.1, 0.15) is 23.7 Å². The smallest absolute Gasteiger partial charge is 0.350 e. The van der Waals surface area contributed by atoms with Crippen molar-refractivity contribution in [2.45, 2.75) is 39.2 Å². The molecule has 1 aliphatic heterocycles. The molecule has 0 aliphatic carbocycles. The van der Waals surface area contributed by atoms with E-state index in [0.717, 1.165) is 5.01 Å².